The summed E-state index contributed by atoms with van der Waals surface area (Å²) >= 11 is 6.11. The van der Waals surface area contributed by atoms with Gasteiger partial charge in [-0.05, 0) is 73.6 Å². The Morgan fingerprint density at radius 2 is 1.79 bits per heavy atom. The van der Waals surface area contributed by atoms with Gasteiger partial charge in [0.2, 0.25) is 23.5 Å². The number of rotatable bonds is 8. The Morgan fingerprint density at radius 3 is 2.48 bits per heavy atom. The Kier molecular flexibility index (Phi) is 8.86. The van der Waals surface area contributed by atoms with E-state index in [0.717, 1.165) is 0 Å². The van der Waals surface area contributed by atoms with Crippen LogP contribution in [0.5, 0.6) is 0 Å². The standard InChI is InChI=1S/C30H31ClF2N4O5/c1-2-41-29(40)24-17-30(11-13-36(14-12-30)27(39)15-20-5-8-22(33)16-23(20)31)18-37(24)26(38)10-9-25-34-28(35-42-25)19-3-6-21(32)7-4-19/h3-8,16,24H,2,9-15,17-18H2,1H3. The molecule has 42 heavy (non-hydrogen) atoms. The molecule has 0 bridgehead atoms. The molecule has 5 rings (SSSR count). The van der Waals surface area contributed by atoms with Crippen LogP contribution in [0.4, 0.5) is 8.78 Å². The molecule has 2 fully saturated rings. The van der Waals surface area contributed by atoms with Gasteiger partial charge in [0, 0.05) is 43.1 Å². The number of carbonyl (C=O) groups is 3. The first kappa shape index (κ1) is 29.6. The smallest absolute Gasteiger partial charge is 0.328 e. The minimum Gasteiger partial charge on any atom is -0.464 e. The monoisotopic (exact) mass is 600 g/mol. The second-order valence-electron chi connectivity index (χ2n) is 10.8. The Labute approximate surface area is 246 Å². The summed E-state index contributed by atoms with van der Waals surface area (Å²) in [4.78, 5) is 46.9. The van der Waals surface area contributed by atoms with Gasteiger partial charge < -0.3 is 19.1 Å². The zero-order valence-corrected chi connectivity index (χ0v) is 23.9. The first-order valence-corrected chi connectivity index (χ1v) is 14.3. The van der Waals surface area contributed by atoms with Crippen molar-refractivity contribution in [2.45, 2.75) is 51.5 Å². The molecule has 0 N–H and O–H groups in total. The van der Waals surface area contributed by atoms with Crippen molar-refractivity contribution in [2.75, 3.05) is 26.2 Å². The number of hydrogen-bond donors (Lipinski definition) is 0. The highest BCUT2D eigenvalue weighted by Gasteiger charge is 2.50. The van der Waals surface area contributed by atoms with Crippen molar-refractivity contribution in [3.63, 3.8) is 0 Å². The molecular formula is C30H31ClF2N4O5. The second kappa shape index (κ2) is 12.6. The van der Waals surface area contributed by atoms with Crippen LogP contribution in [-0.4, -0.2) is 70.0 Å². The SMILES string of the molecule is CCOC(=O)C1CC2(CCN(C(=O)Cc3ccc(F)cc3Cl)CC2)CN1C(=O)CCc1nc(-c2ccc(F)cc2)no1. The van der Waals surface area contributed by atoms with Crippen molar-refractivity contribution in [1.82, 2.24) is 19.9 Å². The number of benzene rings is 2. The van der Waals surface area contributed by atoms with Crippen LogP contribution >= 0.6 is 11.6 Å². The topological polar surface area (TPSA) is 106 Å². The van der Waals surface area contributed by atoms with E-state index in [4.69, 9.17) is 20.9 Å². The number of piperidine rings is 1. The van der Waals surface area contributed by atoms with Gasteiger partial charge in [-0.3, -0.25) is 9.59 Å². The third kappa shape index (κ3) is 6.61. The quantitative estimate of drug-likeness (QED) is 0.348. The second-order valence-corrected chi connectivity index (χ2v) is 11.2. The lowest BCUT2D eigenvalue weighted by Crippen LogP contribution is -2.45. The van der Waals surface area contributed by atoms with E-state index in [9.17, 15) is 23.2 Å². The maximum atomic E-state index is 13.4. The Hall–Kier alpha value is -3.86. The highest BCUT2D eigenvalue weighted by Crippen LogP contribution is 2.44. The van der Waals surface area contributed by atoms with Gasteiger partial charge in [0.15, 0.2) is 0 Å². The molecule has 9 nitrogen and oxygen atoms in total. The van der Waals surface area contributed by atoms with Crippen LogP contribution < -0.4 is 0 Å². The molecule has 2 aliphatic rings. The van der Waals surface area contributed by atoms with Crippen LogP contribution in [0.15, 0.2) is 47.0 Å². The molecule has 2 aromatic carbocycles. The zero-order chi connectivity index (χ0) is 29.9. The van der Waals surface area contributed by atoms with Gasteiger partial charge in [0.1, 0.15) is 17.7 Å². The normalized spacial score (nSPS) is 18.0. The first-order valence-electron chi connectivity index (χ1n) is 13.9. The van der Waals surface area contributed by atoms with Gasteiger partial charge in [0.25, 0.3) is 0 Å². The minimum atomic E-state index is -0.713. The number of carbonyl (C=O) groups excluding carboxylic acids is 3. The maximum Gasteiger partial charge on any atom is 0.328 e. The molecule has 2 saturated heterocycles. The number of ether oxygens (including phenoxy) is 1. The summed E-state index contributed by atoms with van der Waals surface area (Å²) in [6.07, 6.45) is 2.01. The number of hydrogen-bond acceptors (Lipinski definition) is 7. The summed E-state index contributed by atoms with van der Waals surface area (Å²) in [7, 11) is 0. The van der Waals surface area contributed by atoms with Gasteiger partial charge in [-0.25, -0.2) is 13.6 Å². The van der Waals surface area contributed by atoms with Gasteiger partial charge in [-0.1, -0.05) is 22.8 Å². The van der Waals surface area contributed by atoms with E-state index in [1.807, 2.05) is 0 Å². The van der Waals surface area contributed by atoms with Crippen LogP contribution in [0.1, 0.15) is 44.1 Å². The largest absolute Gasteiger partial charge is 0.464 e. The van der Waals surface area contributed by atoms with Gasteiger partial charge in [-0.15, -0.1) is 0 Å². The molecular weight excluding hydrogens is 570 g/mol. The summed E-state index contributed by atoms with van der Waals surface area (Å²) in [6.45, 7) is 3.26. The predicted molar refractivity (Wildman–Crippen MR) is 148 cm³/mol. The third-order valence-corrected chi connectivity index (χ3v) is 8.40. The molecule has 222 valence electrons. The summed E-state index contributed by atoms with van der Waals surface area (Å²) < 4.78 is 37.2. The summed E-state index contributed by atoms with van der Waals surface area (Å²) in [5.74, 6) is -1.05. The van der Waals surface area contributed by atoms with Crippen LogP contribution in [0.2, 0.25) is 5.02 Å². The molecule has 0 radical (unpaired) electrons. The fourth-order valence-corrected chi connectivity index (χ4v) is 5.96. The van der Waals surface area contributed by atoms with Crippen LogP contribution in [0, 0.1) is 17.0 Å². The lowest BCUT2D eigenvalue weighted by atomic mass is 9.76. The number of amides is 2. The Bertz CT molecular complexity index is 1460. The molecule has 0 aliphatic carbocycles. The summed E-state index contributed by atoms with van der Waals surface area (Å²) in [5, 5.41) is 4.13. The number of nitrogens with zero attached hydrogens (tertiary/aromatic N) is 4. The summed E-state index contributed by atoms with van der Waals surface area (Å²) in [5.41, 5.74) is 0.832. The lowest BCUT2D eigenvalue weighted by molar-refractivity contribution is -0.153. The third-order valence-electron chi connectivity index (χ3n) is 8.04. The predicted octanol–water partition coefficient (Wildman–Crippen LogP) is 4.62. The van der Waals surface area contributed by atoms with E-state index < -0.39 is 17.8 Å². The number of likely N-dealkylation sites (tertiary alicyclic amines) is 2. The van der Waals surface area contributed by atoms with Crippen molar-refractivity contribution < 1.29 is 32.4 Å². The van der Waals surface area contributed by atoms with Gasteiger partial charge in [-0.2, -0.15) is 4.98 Å². The van der Waals surface area contributed by atoms with E-state index in [2.05, 4.69) is 10.1 Å². The number of aromatic nitrogens is 2. The molecule has 1 aromatic heterocycles. The Morgan fingerprint density at radius 1 is 1.07 bits per heavy atom. The molecule has 2 aliphatic heterocycles. The van der Waals surface area contributed by atoms with Gasteiger partial charge >= 0.3 is 5.97 Å². The number of aryl methyl sites for hydroxylation is 1. The van der Waals surface area contributed by atoms with E-state index in [1.165, 1.54) is 30.3 Å². The van der Waals surface area contributed by atoms with Crippen LogP contribution in [0.25, 0.3) is 11.4 Å². The first-order chi connectivity index (χ1) is 20.2. The molecule has 12 heteroatoms. The highest BCUT2D eigenvalue weighted by atomic mass is 35.5. The fourth-order valence-electron chi connectivity index (χ4n) is 5.73. The molecule has 3 heterocycles. The van der Waals surface area contributed by atoms with Gasteiger partial charge in [0.05, 0.1) is 13.0 Å². The van der Waals surface area contributed by atoms with Crippen molar-refractivity contribution in [3.05, 3.63) is 70.6 Å². The van der Waals surface area contributed by atoms with E-state index in [-0.39, 0.29) is 59.8 Å². The molecule has 2 amide bonds. The minimum absolute atomic E-state index is 0.0556. The van der Waals surface area contributed by atoms with Crippen LogP contribution in [0.3, 0.4) is 0 Å². The van der Waals surface area contributed by atoms with Crippen molar-refractivity contribution in [1.29, 1.82) is 0 Å². The molecule has 0 saturated carbocycles. The average Bonchev–Trinajstić information content (AvgIpc) is 3.60. The maximum absolute atomic E-state index is 13.4. The average molecular weight is 601 g/mol. The van der Waals surface area contributed by atoms with E-state index in [1.54, 1.807) is 28.9 Å². The number of halogens is 3. The zero-order valence-electron chi connectivity index (χ0n) is 23.2. The molecule has 1 unspecified atom stereocenters. The Balaban J connectivity index is 1.20. The summed E-state index contributed by atoms with van der Waals surface area (Å²) in [6, 6.07) is 8.96. The van der Waals surface area contributed by atoms with Crippen molar-refractivity contribution in [3.8, 4) is 11.4 Å². The number of esters is 1. The van der Waals surface area contributed by atoms with E-state index >= 15 is 0 Å². The van der Waals surface area contributed by atoms with Crippen LogP contribution in [-0.2, 0) is 32.0 Å². The molecule has 3 aromatic rings. The van der Waals surface area contributed by atoms with Crippen molar-refractivity contribution >= 4 is 29.4 Å². The molecule has 1 spiro atoms. The lowest BCUT2D eigenvalue weighted by Gasteiger charge is -2.39. The van der Waals surface area contributed by atoms with Crippen molar-refractivity contribution in [2.24, 2.45) is 5.41 Å². The fraction of sp³-hybridized carbons (Fsp3) is 0.433. The highest BCUT2D eigenvalue weighted by molar-refractivity contribution is 6.31. The molecule has 1 atom stereocenters. The van der Waals surface area contributed by atoms with E-state index in [0.29, 0.717) is 55.8 Å².